The van der Waals surface area contributed by atoms with Gasteiger partial charge in [0.15, 0.2) is 5.82 Å². The minimum atomic E-state index is 0.102. The third kappa shape index (κ3) is 3.44. The van der Waals surface area contributed by atoms with E-state index in [0.717, 1.165) is 16.9 Å². The first-order valence-electron chi connectivity index (χ1n) is 10.2. The lowest BCUT2D eigenvalue weighted by atomic mass is 9.93. The summed E-state index contributed by atoms with van der Waals surface area (Å²) >= 11 is 0. The van der Waals surface area contributed by atoms with Crippen molar-refractivity contribution < 1.29 is 0 Å². The van der Waals surface area contributed by atoms with Crippen LogP contribution in [0.2, 0.25) is 0 Å². The molecule has 0 radical (unpaired) electrons. The number of anilines is 3. The Morgan fingerprint density at radius 1 is 1.17 bits per heavy atom. The molecule has 0 saturated heterocycles. The highest BCUT2D eigenvalue weighted by molar-refractivity contribution is 5.80. The fourth-order valence-electron chi connectivity index (χ4n) is 4.31. The summed E-state index contributed by atoms with van der Waals surface area (Å²) in [6.45, 7) is 2.16. The molecule has 0 aliphatic heterocycles. The third-order valence-corrected chi connectivity index (χ3v) is 6.02. The number of hydrogen-bond donors (Lipinski definition) is 4. The van der Waals surface area contributed by atoms with Crippen molar-refractivity contribution >= 4 is 28.5 Å². The van der Waals surface area contributed by atoms with Crippen LogP contribution in [0, 0.1) is 0 Å². The molecule has 5 rings (SSSR count). The highest BCUT2D eigenvalue weighted by Crippen LogP contribution is 2.35. The van der Waals surface area contributed by atoms with Gasteiger partial charge in [-0.2, -0.15) is 10.1 Å². The van der Waals surface area contributed by atoms with Crippen LogP contribution in [0.3, 0.4) is 0 Å². The molecule has 1 aliphatic rings. The van der Waals surface area contributed by atoms with E-state index in [1.807, 2.05) is 6.20 Å². The zero-order chi connectivity index (χ0) is 19.8. The number of rotatable bonds is 5. The summed E-state index contributed by atoms with van der Waals surface area (Å²) in [6.07, 6.45) is 8.81. The van der Waals surface area contributed by atoms with Crippen molar-refractivity contribution in [3.63, 3.8) is 0 Å². The van der Waals surface area contributed by atoms with Crippen molar-refractivity contribution in [2.75, 3.05) is 11.1 Å². The summed E-state index contributed by atoms with van der Waals surface area (Å²) < 4.78 is 0. The van der Waals surface area contributed by atoms with Gasteiger partial charge in [0.05, 0.1) is 0 Å². The molecular formula is C22H25N7. The molecule has 4 aromatic rings. The van der Waals surface area contributed by atoms with Crippen molar-refractivity contribution in [1.29, 1.82) is 0 Å². The van der Waals surface area contributed by atoms with Crippen LogP contribution in [0.1, 0.15) is 61.3 Å². The van der Waals surface area contributed by atoms with Crippen LogP contribution >= 0.6 is 0 Å². The maximum Gasteiger partial charge on any atom is 0.221 e. The lowest BCUT2D eigenvalue weighted by molar-refractivity contribution is 0.693. The Morgan fingerprint density at radius 2 is 2.03 bits per heavy atom. The van der Waals surface area contributed by atoms with E-state index in [2.05, 4.69) is 67.7 Å². The Kier molecular flexibility index (Phi) is 4.42. The predicted molar refractivity (Wildman–Crippen MR) is 115 cm³/mol. The smallest absolute Gasteiger partial charge is 0.221 e. The van der Waals surface area contributed by atoms with Gasteiger partial charge >= 0.3 is 0 Å². The minimum Gasteiger partial charge on any atom is -0.368 e. The SMILES string of the molecule is CC(c1ccc2[nH]ccc2c1)c1cnc(N)nc1Nc1cc(C2CCCC2)[nH]n1. The molecule has 1 aromatic carbocycles. The fourth-order valence-corrected chi connectivity index (χ4v) is 4.31. The molecule has 1 fully saturated rings. The van der Waals surface area contributed by atoms with Crippen LogP contribution < -0.4 is 11.1 Å². The van der Waals surface area contributed by atoms with Crippen LogP contribution in [0.5, 0.6) is 0 Å². The second-order valence-electron chi connectivity index (χ2n) is 7.89. The number of nitrogens with one attached hydrogen (secondary N) is 3. The third-order valence-electron chi connectivity index (χ3n) is 6.02. The van der Waals surface area contributed by atoms with Crippen molar-refractivity contribution in [2.24, 2.45) is 0 Å². The summed E-state index contributed by atoms with van der Waals surface area (Å²) in [5.41, 5.74) is 10.4. The molecule has 3 aromatic heterocycles. The molecule has 7 nitrogen and oxygen atoms in total. The van der Waals surface area contributed by atoms with Crippen molar-refractivity contribution in [1.82, 2.24) is 25.1 Å². The van der Waals surface area contributed by atoms with E-state index in [-0.39, 0.29) is 11.9 Å². The van der Waals surface area contributed by atoms with Gasteiger partial charge in [0.2, 0.25) is 5.95 Å². The fraction of sp³-hybridized carbons (Fsp3) is 0.318. The zero-order valence-electron chi connectivity index (χ0n) is 16.4. The van der Waals surface area contributed by atoms with Gasteiger partial charge in [-0.1, -0.05) is 25.8 Å². The van der Waals surface area contributed by atoms with E-state index in [1.54, 1.807) is 6.20 Å². The van der Waals surface area contributed by atoms with Crippen LogP contribution in [-0.2, 0) is 0 Å². The Balaban J connectivity index is 1.45. The van der Waals surface area contributed by atoms with E-state index >= 15 is 0 Å². The molecule has 0 spiro atoms. The van der Waals surface area contributed by atoms with Crippen LogP contribution in [0.25, 0.3) is 10.9 Å². The summed E-state index contributed by atoms with van der Waals surface area (Å²) in [5, 5.41) is 12.2. The van der Waals surface area contributed by atoms with Gasteiger partial charge < -0.3 is 16.0 Å². The topological polar surface area (TPSA) is 108 Å². The highest BCUT2D eigenvalue weighted by Gasteiger charge is 2.21. The maximum atomic E-state index is 5.89. The Labute approximate surface area is 169 Å². The monoisotopic (exact) mass is 387 g/mol. The molecule has 7 heteroatoms. The van der Waals surface area contributed by atoms with Gasteiger partial charge in [0.1, 0.15) is 5.82 Å². The standard InChI is InChI=1S/C22H25N7/c1-13(15-6-7-18-16(10-15)8-9-24-18)17-12-25-22(23)27-21(17)26-20-11-19(28-29-20)14-4-2-3-5-14/h6-14,24H,2-5H2,1H3,(H4,23,25,26,27,28,29). The second-order valence-corrected chi connectivity index (χ2v) is 7.89. The average molecular weight is 387 g/mol. The first kappa shape index (κ1) is 17.7. The Hall–Kier alpha value is -3.35. The molecule has 3 heterocycles. The number of nitrogens with zero attached hydrogens (tertiary/aromatic N) is 3. The number of aromatic nitrogens is 5. The molecule has 148 valence electrons. The van der Waals surface area contributed by atoms with Gasteiger partial charge in [-0.25, -0.2) is 4.98 Å². The van der Waals surface area contributed by atoms with Crippen molar-refractivity contribution in [3.05, 3.63) is 59.5 Å². The zero-order valence-corrected chi connectivity index (χ0v) is 16.4. The maximum absolute atomic E-state index is 5.89. The molecule has 0 bridgehead atoms. The van der Waals surface area contributed by atoms with E-state index in [1.165, 1.54) is 42.3 Å². The molecule has 1 unspecified atom stereocenters. The molecule has 1 saturated carbocycles. The lowest BCUT2D eigenvalue weighted by Gasteiger charge is -2.16. The second kappa shape index (κ2) is 7.24. The Bertz CT molecular complexity index is 1140. The van der Waals surface area contributed by atoms with Crippen molar-refractivity contribution in [3.8, 4) is 0 Å². The van der Waals surface area contributed by atoms with E-state index in [9.17, 15) is 0 Å². The normalized spacial score (nSPS) is 15.8. The molecule has 1 aliphatic carbocycles. The number of nitrogens with two attached hydrogens (primary N) is 1. The van der Waals surface area contributed by atoms with Crippen molar-refractivity contribution in [2.45, 2.75) is 44.4 Å². The van der Waals surface area contributed by atoms with E-state index in [4.69, 9.17) is 5.73 Å². The summed E-state index contributed by atoms with van der Waals surface area (Å²) in [6, 6.07) is 10.6. The predicted octanol–water partition coefficient (Wildman–Crippen LogP) is 4.82. The molecule has 5 N–H and O–H groups in total. The Morgan fingerprint density at radius 3 is 2.90 bits per heavy atom. The summed E-state index contributed by atoms with van der Waals surface area (Å²) in [7, 11) is 0. The number of aromatic amines is 2. The minimum absolute atomic E-state index is 0.102. The highest BCUT2D eigenvalue weighted by atomic mass is 15.2. The largest absolute Gasteiger partial charge is 0.368 e. The number of nitrogen functional groups attached to an aromatic ring is 1. The van der Waals surface area contributed by atoms with E-state index in [0.29, 0.717) is 11.7 Å². The number of hydrogen-bond acceptors (Lipinski definition) is 5. The molecule has 29 heavy (non-hydrogen) atoms. The quantitative estimate of drug-likeness (QED) is 0.393. The molecule has 1 atom stereocenters. The van der Waals surface area contributed by atoms with Gasteiger partial charge in [-0.05, 0) is 42.0 Å². The van der Waals surface area contributed by atoms with Crippen LogP contribution in [-0.4, -0.2) is 25.1 Å². The van der Waals surface area contributed by atoms with E-state index < -0.39 is 0 Å². The molecule has 0 amide bonds. The molecular weight excluding hydrogens is 362 g/mol. The van der Waals surface area contributed by atoms with Gasteiger partial charge in [-0.3, -0.25) is 5.10 Å². The number of fused-ring (bicyclic) bond motifs is 1. The summed E-state index contributed by atoms with van der Waals surface area (Å²) in [4.78, 5) is 11.9. The van der Waals surface area contributed by atoms with Gasteiger partial charge in [-0.15, -0.1) is 0 Å². The summed E-state index contributed by atoms with van der Waals surface area (Å²) in [5.74, 6) is 2.39. The average Bonchev–Trinajstić information content (AvgIpc) is 3.48. The first-order chi connectivity index (χ1) is 14.2. The van der Waals surface area contributed by atoms with Gasteiger partial charge in [0.25, 0.3) is 0 Å². The number of H-pyrrole nitrogens is 2. The van der Waals surface area contributed by atoms with Gasteiger partial charge in [0, 0.05) is 47.1 Å². The first-order valence-corrected chi connectivity index (χ1v) is 10.2. The van der Waals surface area contributed by atoms with Crippen LogP contribution in [0.4, 0.5) is 17.6 Å². The number of benzene rings is 1. The lowest BCUT2D eigenvalue weighted by Crippen LogP contribution is -2.07. The van der Waals surface area contributed by atoms with Crippen LogP contribution in [0.15, 0.2) is 42.7 Å².